The summed E-state index contributed by atoms with van der Waals surface area (Å²) in [4.78, 5) is 0. The van der Waals surface area contributed by atoms with E-state index in [4.69, 9.17) is 0 Å². The average molecular weight is 484 g/mol. The van der Waals surface area contributed by atoms with E-state index in [1.807, 2.05) is 0 Å². The van der Waals surface area contributed by atoms with Crippen LogP contribution in [-0.2, 0) is 21.7 Å². The van der Waals surface area contributed by atoms with Crippen molar-refractivity contribution < 1.29 is 58.9 Å². The van der Waals surface area contributed by atoms with E-state index >= 15 is 0 Å². The third-order valence-electron chi connectivity index (χ3n) is 4.97. The number of aryl methyl sites for hydroxylation is 4. The van der Waals surface area contributed by atoms with Gasteiger partial charge in [0.15, 0.2) is 0 Å². The molecule has 0 amide bonds. The molecule has 3 rings (SSSR count). The Morgan fingerprint density at radius 1 is 0.655 bits per heavy atom. The van der Waals surface area contributed by atoms with Crippen molar-refractivity contribution in [3.05, 3.63) is 99.1 Å². The quantitative estimate of drug-likeness (QED) is 0.296. The molecule has 0 aliphatic heterocycles. The van der Waals surface area contributed by atoms with Crippen molar-refractivity contribution in [1.29, 1.82) is 0 Å². The molecular formula is C25H29Cl3Ti. The summed E-state index contributed by atoms with van der Waals surface area (Å²) in [5.74, 6) is 0.828. The van der Waals surface area contributed by atoms with Gasteiger partial charge >= 0.3 is 21.7 Å². The van der Waals surface area contributed by atoms with Crippen LogP contribution in [0.3, 0.4) is 0 Å². The molecule has 0 unspecified atom stereocenters. The molecule has 0 saturated carbocycles. The first-order valence-electron chi connectivity index (χ1n) is 9.27. The Bertz CT molecular complexity index is 805. The van der Waals surface area contributed by atoms with Gasteiger partial charge in [0.2, 0.25) is 0 Å². The summed E-state index contributed by atoms with van der Waals surface area (Å²) in [5.41, 5.74) is 11.0. The Labute approximate surface area is 210 Å². The fourth-order valence-electron chi connectivity index (χ4n) is 4.14. The second kappa shape index (κ2) is 12.9. The molecule has 3 aromatic rings. The molecule has 0 N–H and O–H groups in total. The van der Waals surface area contributed by atoms with Gasteiger partial charge in [-0.25, -0.2) is 12.1 Å². The van der Waals surface area contributed by atoms with E-state index in [1.165, 1.54) is 44.5 Å². The first-order valence-corrected chi connectivity index (χ1v) is 9.27. The van der Waals surface area contributed by atoms with Crippen molar-refractivity contribution in [3.8, 4) is 0 Å². The van der Waals surface area contributed by atoms with Crippen LogP contribution in [0.15, 0.2) is 54.6 Å². The normalized spacial score (nSPS) is 9.93. The summed E-state index contributed by atoms with van der Waals surface area (Å²) in [6.07, 6.45) is 0. The zero-order chi connectivity index (χ0) is 18.1. The van der Waals surface area contributed by atoms with Gasteiger partial charge in [0.05, 0.1) is 0 Å². The van der Waals surface area contributed by atoms with Gasteiger partial charge in [-0.1, -0.05) is 72.5 Å². The maximum absolute atomic E-state index is 2.35. The minimum Gasteiger partial charge on any atom is -1.00 e. The summed E-state index contributed by atoms with van der Waals surface area (Å²) in [6, 6.07) is 20.8. The van der Waals surface area contributed by atoms with E-state index in [0.29, 0.717) is 11.8 Å². The van der Waals surface area contributed by atoms with Gasteiger partial charge in [0.1, 0.15) is 0 Å². The fraction of sp³-hybridized carbons (Fsp3) is 0.320. The van der Waals surface area contributed by atoms with E-state index in [2.05, 4.69) is 96.1 Å². The zero-order valence-electron chi connectivity index (χ0n) is 18.0. The Balaban J connectivity index is 0. The molecule has 154 valence electrons. The molecule has 0 spiro atoms. The van der Waals surface area contributed by atoms with E-state index in [0.717, 1.165) is 0 Å². The predicted octanol–water partition coefficient (Wildman–Crippen LogP) is -2.05. The minimum atomic E-state index is 0. The van der Waals surface area contributed by atoms with Gasteiger partial charge in [-0.3, -0.25) is 0 Å². The topological polar surface area (TPSA) is 0 Å². The molecule has 29 heavy (non-hydrogen) atoms. The van der Waals surface area contributed by atoms with Crippen LogP contribution >= 0.6 is 0 Å². The van der Waals surface area contributed by atoms with E-state index in [9.17, 15) is 0 Å². The van der Waals surface area contributed by atoms with Crippen LogP contribution in [0.5, 0.6) is 0 Å². The van der Waals surface area contributed by atoms with Crippen molar-refractivity contribution in [2.75, 3.05) is 0 Å². The van der Waals surface area contributed by atoms with Crippen molar-refractivity contribution >= 4 is 0 Å². The SMILES string of the molecule is Cc1cc(C)cc(C(c2cc(C)cc(C)c2)[c-]2cccc2C(C)C)c1.[Cl-].[Cl-].[Cl-].[Ti+4]. The van der Waals surface area contributed by atoms with E-state index < -0.39 is 0 Å². The number of benzene rings is 2. The number of halogens is 3. The maximum atomic E-state index is 2.35. The summed E-state index contributed by atoms with van der Waals surface area (Å²) < 4.78 is 0. The monoisotopic (exact) mass is 482 g/mol. The smallest absolute Gasteiger partial charge is 1.00 e. The third kappa shape index (κ3) is 7.23. The molecule has 4 heteroatoms. The number of rotatable bonds is 4. The van der Waals surface area contributed by atoms with Gasteiger partial charge in [-0.2, -0.15) is 11.6 Å². The standard InChI is InChI=1S/C25H29.3ClH.Ti/c1-16(2)23-8-7-9-24(23)25(21-12-17(3)10-18(4)13-21)22-14-19(5)11-20(6)15-22;;;;/h7-16,25H,1-6H3;3*1H;/q-1;;;;+4/p-3. The molecule has 0 radical (unpaired) electrons. The molecule has 0 aromatic heterocycles. The Morgan fingerprint density at radius 2 is 1.03 bits per heavy atom. The predicted molar refractivity (Wildman–Crippen MR) is 109 cm³/mol. The minimum absolute atomic E-state index is 0. The van der Waals surface area contributed by atoms with Crippen molar-refractivity contribution in [2.45, 2.75) is 53.4 Å². The summed E-state index contributed by atoms with van der Waals surface area (Å²) in [5, 5.41) is 0. The molecule has 3 aromatic carbocycles. The van der Waals surface area contributed by atoms with Crippen LogP contribution in [-0.4, -0.2) is 0 Å². The molecule has 0 saturated heterocycles. The first-order chi connectivity index (χ1) is 11.8. The Kier molecular flexibility index (Phi) is 13.6. The zero-order valence-corrected chi connectivity index (χ0v) is 21.8. The molecular weight excluding hydrogens is 455 g/mol. The van der Waals surface area contributed by atoms with Gasteiger partial charge in [0, 0.05) is 0 Å². The molecule has 0 fully saturated rings. The first kappa shape index (κ1) is 30.6. The molecule has 0 nitrogen and oxygen atoms in total. The third-order valence-corrected chi connectivity index (χ3v) is 4.97. The van der Waals surface area contributed by atoms with Crippen molar-refractivity contribution in [3.63, 3.8) is 0 Å². The Morgan fingerprint density at radius 3 is 1.38 bits per heavy atom. The van der Waals surface area contributed by atoms with Gasteiger partial charge in [-0.15, -0.1) is 5.56 Å². The van der Waals surface area contributed by atoms with Crippen molar-refractivity contribution in [2.24, 2.45) is 0 Å². The van der Waals surface area contributed by atoms with Crippen LogP contribution in [0.2, 0.25) is 0 Å². The van der Waals surface area contributed by atoms with E-state index in [-0.39, 0.29) is 58.9 Å². The van der Waals surface area contributed by atoms with Crippen LogP contribution in [0, 0.1) is 27.7 Å². The summed E-state index contributed by atoms with van der Waals surface area (Å²) in [7, 11) is 0. The number of hydrogen-bond donors (Lipinski definition) is 0. The van der Waals surface area contributed by atoms with Gasteiger partial charge in [0.25, 0.3) is 0 Å². The molecule has 0 aliphatic carbocycles. The second-order valence-electron chi connectivity index (χ2n) is 7.87. The summed E-state index contributed by atoms with van der Waals surface area (Å²) >= 11 is 0. The molecule has 0 bridgehead atoms. The van der Waals surface area contributed by atoms with Gasteiger partial charge in [-0.05, 0) is 50.7 Å². The Hall–Kier alpha value is -0.626. The van der Waals surface area contributed by atoms with Crippen LogP contribution in [0.25, 0.3) is 0 Å². The van der Waals surface area contributed by atoms with Crippen LogP contribution in [0.4, 0.5) is 0 Å². The number of hydrogen-bond acceptors (Lipinski definition) is 0. The van der Waals surface area contributed by atoms with Gasteiger partial charge < -0.3 is 37.2 Å². The molecule has 0 atom stereocenters. The molecule has 0 aliphatic rings. The van der Waals surface area contributed by atoms with E-state index in [1.54, 1.807) is 0 Å². The van der Waals surface area contributed by atoms with Crippen LogP contribution < -0.4 is 37.2 Å². The van der Waals surface area contributed by atoms with Crippen molar-refractivity contribution in [1.82, 2.24) is 0 Å². The second-order valence-corrected chi connectivity index (χ2v) is 7.87. The summed E-state index contributed by atoms with van der Waals surface area (Å²) in [6.45, 7) is 13.4. The fourth-order valence-corrected chi connectivity index (χ4v) is 4.14. The maximum Gasteiger partial charge on any atom is 4.00 e. The van der Waals surface area contributed by atoms with Crippen LogP contribution in [0.1, 0.15) is 70.2 Å². The average Bonchev–Trinajstić information content (AvgIpc) is 2.94. The largest absolute Gasteiger partial charge is 4.00 e. The molecule has 0 heterocycles.